The van der Waals surface area contributed by atoms with Crippen LogP contribution in [0.25, 0.3) is 0 Å². The molecule has 2 heteroatoms. The lowest BCUT2D eigenvalue weighted by Gasteiger charge is -2.50. The lowest BCUT2D eigenvalue weighted by molar-refractivity contribution is 0.410. The van der Waals surface area contributed by atoms with Crippen LogP contribution < -0.4 is 0 Å². The SMILES string of the molecule is CC(C)(C)[Si]([19F])(C1CCCCC1)C(C)(C)C. The second-order valence-electron chi connectivity index (χ2n) is 7.55. The van der Waals surface area contributed by atoms with Crippen molar-refractivity contribution < 1.29 is 4.11 Å². The molecule has 0 spiro atoms. The number of hydrogen-bond donors (Lipinski definition) is 0. The van der Waals surface area contributed by atoms with Gasteiger partial charge in [0.15, 0.2) is 0 Å². The van der Waals surface area contributed by atoms with Gasteiger partial charge in [0.05, 0.1) is 0 Å². The smallest absolute Gasteiger partial charge is 0.260 e. The number of rotatable bonds is 1. The molecule has 0 N–H and O–H groups in total. The van der Waals surface area contributed by atoms with Crippen LogP contribution in [0.3, 0.4) is 0 Å². The second-order valence-corrected chi connectivity index (χ2v) is 12.8. The maximum atomic E-state index is 15.8. The number of halogens is 1. The molecule has 0 unspecified atom stereocenters. The van der Waals surface area contributed by atoms with Gasteiger partial charge in [-0.3, -0.25) is 0 Å². The minimum atomic E-state index is -2.75. The molecule has 96 valence electrons. The third kappa shape index (κ3) is 2.37. The van der Waals surface area contributed by atoms with Crippen molar-refractivity contribution in [1.29, 1.82) is 0 Å². The fraction of sp³-hybridized carbons (Fsp3) is 1.00. The van der Waals surface area contributed by atoms with Crippen LogP contribution in [0.15, 0.2) is 0 Å². The Kier molecular flexibility index (Phi) is 3.94. The second kappa shape index (κ2) is 4.43. The van der Waals surface area contributed by atoms with Gasteiger partial charge in [-0.15, -0.1) is 0 Å². The molecule has 0 aliphatic heterocycles. The normalized spacial score (nSPS) is 21.2. The van der Waals surface area contributed by atoms with E-state index in [1.807, 2.05) is 0 Å². The zero-order valence-electron chi connectivity index (χ0n) is 12.0. The first-order chi connectivity index (χ1) is 7.11. The van der Waals surface area contributed by atoms with E-state index >= 15 is 4.11 Å². The molecule has 0 saturated heterocycles. The highest BCUT2D eigenvalue weighted by Crippen LogP contribution is 2.60. The molecule has 1 aliphatic rings. The van der Waals surface area contributed by atoms with Gasteiger partial charge in [0, 0.05) is 0 Å². The summed E-state index contributed by atoms with van der Waals surface area (Å²) in [7, 11) is -2.75. The summed E-state index contributed by atoms with van der Waals surface area (Å²) in [5, 5.41) is -0.263. The molecule has 0 nitrogen and oxygen atoms in total. The average molecular weight is 244 g/mol. The van der Waals surface area contributed by atoms with Gasteiger partial charge in [-0.05, 0) is 15.6 Å². The molecule has 1 fully saturated rings. The molecule has 0 heterocycles. The average Bonchev–Trinajstić information content (AvgIpc) is 2.14. The van der Waals surface area contributed by atoms with E-state index in [0.29, 0.717) is 5.54 Å². The van der Waals surface area contributed by atoms with Crippen LogP contribution in [0.4, 0.5) is 4.11 Å². The van der Waals surface area contributed by atoms with E-state index in [-0.39, 0.29) is 10.1 Å². The Bertz CT molecular complexity index is 214. The summed E-state index contributed by atoms with van der Waals surface area (Å²) in [5.41, 5.74) is 0.390. The zero-order valence-corrected chi connectivity index (χ0v) is 13.0. The molecule has 0 aromatic rings. The maximum Gasteiger partial charge on any atom is 0.260 e. The van der Waals surface area contributed by atoms with Crippen LogP contribution in [0.1, 0.15) is 73.6 Å². The Morgan fingerprint density at radius 1 is 0.812 bits per heavy atom. The van der Waals surface area contributed by atoms with E-state index in [1.165, 1.54) is 19.3 Å². The molecular formula is C14H29FSi. The third-order valence-electron chi connectivity index (χ3n) is 4.35. The summed E-state index contributed by atoms with van der Waals surface area (Å²) in [6.45, 7) is 12.7. The predicted molar refractivity (Wildman–Crippen MR) is 73.1 cm³/mol. The molecule has 0 amide bonds. The van der Waals surface area contributed by atoms with Crippen molar-refractivity contribution in [2.45, 2.75) is 89.3 Å². The van der Waals surface area contributed by atoms with Crippen LogP contribution in [-0.4, -0.2) is 8.41 Å². The Balaban J connectivity index is 3.04. The molecule has 0 radical (unpaired) electrons. The molecule has 0 aromatic carbocycles. The van der Waals surface area contributed by atoms with Crippen LogP contribution in [0, 0.1) is 0 Å². The maximum absolute atomic E-state index is 15.8. The summed E-state index contributed by atoms with van der Waals surface area (Å²) in [5.74, 6) is 0. The molecular weight excluding hydrogens is 215 g/mol. The van der Waals surface area contributed by atoms with Gasteiger partial charge in [-0.2, -0.15) is 0 Å². The lowest BCUT2D eigenvalue weighted by Crippen LogP contribution is -2.52. The summed E-state index contributed by atoms with van der Waals surface area (Å²) >= 11 is 0. The van der Waals surface area contributed by atoms with Gasteiger partial charge < -0.3 is 4.11 Å². The Labute approximate surface area is 102 Å². The topological polar surface area (TPSA) is 0 Å². The highest BCUT2D eigenvalue weighted by atomic mass is 28.4. The van der Waals surface area contributed by atoms with Crippen molar-refractivity contribution >= 4 is 8.41 Å². The minimum Gasteiger partial charge on any atom is -0.312 e. The van der Waals surface area contributed by atoms with Crippen molar-refractivity contribution in [3.05, 3.63) is 0 Å². The van der Waals surface area contributed by atoms with E-state index in [2.05, 4.69) is 41.5 Å². The Morgan fingerprint density at radius 2 is 1.19 bits per heavy atom. The highest BCUT2D eigenvalue weighted by Gasteiger charge is 2.59. The predicted octanol–water partition coefficient (Wildman–Crippen LogP) is 5.84. The third-order valence-corrected chi connectivity index (χ3v) is 10.4. The van der Waals surface area contributed by atoms with Crippen molar-refractivity contribution in [3.8, 4) is 0 Å². The van der Waals surface area contributed by atoms with Crippen molar-refractivity contribution in [3.63, 3.8) is 0 Å². The monoisotopic (exact) mass is 244 g/mol. The van der Waals surface area contributed by atoms with Gasteiger partial charge in [0.2, 0.25) is 0 Å². The molecule has 0 atom stereocenters. The van der Waals surface area contributed by atoms with Gasteiger partial charge in [0.25, 0.3) is 8.41 Å². The molecule has 0 aromatic heterocycles. The van der Waals surface area contributed by atoms with E-state index in [4.69, 9.17) is 0 Å². The van der Waals surface area contributed by atoms with E-state index in [0.717, 1.165) is 12.8 Å². The standard InChI is InChI=1S/C14H29FSi/c1-13(2,3)16(15,14(4,5)6)12-10-8-7-9-11-12/h12H,7-11H2,1-6H3/i15+0. The fourth-order valence-corrected chi connectivity index (χ4v) is 9.75. The van der Waals surface area contributed by atoms with Crippen LogP contribution in [0.5, 0.6) is 0 Å². The van der Waals surface area contributed by atoms with Gasteiger partial charge in [-0.25, -0.2) is 0 Å². The first-order valence-electron chi connectivity index (χ1n) is 6.79. The highest BCUT2D eigenvalue weighted by molar-refractivity contribution is 6.80. The molecule has 1 saturated carbocycles. The first kappa shape index (κ1) is 14.2. The van der Waals surface area contributed by atoms with E-state index in [9.17, 15) is 0 Å². The van der Waals surface area contributed by atoms with Crippen LogP contribution >= 0.6 is 0 Å². The fourth-order valence-electron chi connectivity index (χ4n) is 3.85. The molecule has 0 bridgehead atoms. The zero-order chi connectivity index (χ0) is 12.6. The molecule has 16 heavy (non-hydrogen) atoms. The van der Waals surface area contributed by atoms with Crippen molar-refractivity contribution in [2.24, 2.45) is 0 Å². The summed E-state index contributed by atoms with van der Waals surface area (Å²) < 4.78 is 15.8. The molecule has 1 rings (SSSR count). The van der Waals surface area contributed by atoms with Gasteiger partial charge >= 0.3 is 0 Å². The summed E-state index contributed by atoms with van der Waals surface area (Å²) in [6.07, 6.45) is 6.08. The van der Waals surface area contributed by atoms with Crippen LogP contribution in [0.2, 0.25) is 15.6 Å². The lowest BCUT2D eigenvalue weighted by atomic mass is 10.00. The Morgan fingerprint density at radius 3 is 1.50 bits per heavy atom. The number of hydrogen-bond acceptors (Lipinski definition) is 0. The van der Waals surface area contributed by atoms with Gasteiger partial charge in [-0.1, -0.05) is 73.6 Å². The molecule has 1 aliphatic carbocycles. The summed E-state index contributed by atoms with van der Waals surface area (Å²) in [6, 6.07) is 0. The first-order valence-corrected chi connectivity index (χ1v) is 8.75. The summed E-state index contributed by atoms with van der Waals surface area (Å²) in [4.78, 5) is 0. The van der Waals surface area contributed by atoms with Crippen LogP contribution in [-0.2, 0) is 0 Å². The van der Waals surface area contributed by atoms with Crippen molar-refractivity contribution in [1.82, 2.24) is 0 Å². The largest absolute Gasteiger partial charge is 0.312 e. The van der Waals surface area contributed by atoms with E-state index < -0.39 is 8.41 Å². The van der Waals surface area contributed by atoms with E-state index in [1.54, 1.807) is 0 Å². The minimum absolute atomic E-state index is 0.132. The van der Waals surface area contributed by atoms with Gasteiger partial charge in [0.1, 0.15) is 0 Å². The van der Waals surface area contributed by atoms with Crippen molar-refractivity contribution in [2.75, 3.05) is 0 Å². The quantitative estimate of drug-likeness (QED) is 0.402. The Hall–Kier alpha value is 0.147.